The molecule has 4 aromatic rings. The first kappa shape index (κ1) is 21.0. The number of fused-ring (bicyclic) bond motifs is 1. The van der Waals surface area contributed by atoms with Gasteiger partial charge in [-0.05, 0) is 47.5 Å². The second kappa shape index (κ2) is 9.16. The summed E-state index contributed by atoms with van der Waals surface area (Å²) in [5.74, 6) is -0.382. The number of para-hydroxylation sites is 1. The molecule has 3 nitrogen and oxygen atoms in total. The highest BCUT2D eigenvalue weighted by Crippen LogP contribution is 2.31. The normalized spacial score (nSPS) is 10.7. The summed E-state index contributed by atoms with van der Waals surface area (Å²) in [7, 11) is -0.611. The fraction of sp³-hybridized carbons (Fsp3) is 0.0870. The summed E-state index contributed by atoms with van der Waals surface area (Å²) in [4.78, 5) is 16.5. The van der Waals surface area contributed by atoms with Crippen LogP contribution in [0.25, 0.3) is 33.3 Å². The Labute approximate surface area is 175 Å². The zero-order valence-electron chi connectivity index (χ0n) is 15.9. The van der Waals surface area contributed by atoms with E-state index in [9.17, 15) is 13.4 Å². The van der Waals surface area contributed by atoms with Crippen LogP contribution in [0, 0.1) is 5.82 Å². The van der Waals surface area contributed by atoms with Crippen molar-refractivity contribution in [3.8, 4) is 22.4 Å². The van der Waals surface area contributed by atoms with Gasteiger partial charge in [-0.2, -0.15) is 0 Å². The maximum Gasteiger partial charge on any atom is 0.197 e. The van der Waals surface area contributed by atoms with Gasteiger partial charge in [0, 0.05) is 39.2 Å². The largest absolute Gasteiger partial charge is 0.354 e. The van der Waals surface area contributed by atoms with Crippen molar-refractivity contribution in [1.29, 1.82) is 0 Å². The summed E-state index contributed by atoms with van der Waals surface area (Å²) < 4.78 is 23.3. The Hall–Kier alpha value is -2.76. The van der Waals surface area contributed by atoms with Crippen molar-refractivity contribution in [1.82, 2.24) is 4.98 Å². The van der Waals surface area contributed by atoms with Gasteiger partial charge in [0.15, 0.2) is 5.43 Å². The molecule has 3 aromatic carbocycles. The van der Waals surface area contributed by atoms with E-state index in [0.717, 1.165) is 11.1 Å². The van der Waals surface area contributed by atoms with Gasteiger partial charge < -0.3 is 4.98 Å². The van der Waals surface area contributed by atoms with E-state index in [1.807, 2.05) is 30.3 Å². The van der Waals surface area contributed by atoms with Crippen LogP contribution in [-0.4, -0.2) is 21.7 Å². The third-order valence-corrected chi connectivity index (χ3v) is 4.41. The Balaban J connectivity index is 0.000000552. The SMILES string of the molecule is CS(C)=O.O=c1c(-c2cccc(F)c2)c(-c2ccc(Cl)cc2)[nH]c2ccccc12. The van der Waals surface area contributed by atoms with Gasteiger partial charge in [-0.25, -0.2) is 4.39 Å². The van der Waals surface area contributed by atoms with Gasteiger partial charge in [0.1, 0.15) is 5.82 Å². The van der Waals surface area contributed by atoms with Gasteiger partial charge in [0.2, 0.25) is 0 Å². The monoisotopic (exact) mass is 427 g/mol. The Morgan fingerprint density at radius 2 is 1.55 bits per heavy atom. The minimum Gasteiger partial charge on any atom is -0.354 e. The van der Waals surface area contributed by atoms with E-state index in [-0.39, 0.29) is 11.2 Å². The molecule has 0 spiro atoms. The first-order chi connectivity index (χ1) is 13.9. The van der Waals surface area contributed by atoms with E-state index in [2.05, 4.69) is 4.98 Å². The lowest BCUT2D eigenvalue weighted by Crippen LogP contribution is -2.09. The molecule has 0 amide bonds. The summed E-state index contributed by atoms with van der Waals surface area (Å²) in [6.45, 7) is 0. The zero-order valence-corrected chi connectivity index (χ0v) is 17.5. The zero-order chi connectivity index (χ0) is 21.0. The Morgan fingerprint density at radius 3 is 2.21 bits per heavy atom. The Morgan fingerprint density at radius 1 is 0.897 bits per heavy atom. The lowest BCUT2D eigenvalue weighted by molar-refractivity contribution is 0.628. The maximum atomic E-state index is 13.8. The topological polar surface area (TPSA) is 49.9 Å². The summed E-state index contributed by atoms with van der Waals surface area (Å²) in [6, 6.07) is 20.6. The third-order valence-electron chi connectivity index (χ3n) is 4.15. The van der Waals surface area contributed by atoms with Gasteiger partial charge in [-0.15, -0.1) is 0 Å². The molecule has 0 aliphatic carbocycles. The summed E-state index contributed by atoms with van der Waals surface area (Å²) in [6.07, 6.45) is 3.28. The summed E-state index contributed by atoms with van der Waals surface area (Å²) in [5.41, 5.74) is 3.04. The molecule has 148 valence electrons. The molecule has 0 saturated heterocycles. The van der Waals surface area contributed by atoms with Crippen molar-refractivity contribution in [2.75, 3.05) is 12.5 Å². The lowest BCUT2D eigenvalue weighted by atomic mass is 9.97. The minimum atomic E-state index is -0.611. The molecule has 0 fully saturated rings. The number of halogens is 2. The van der Waals surface area contributed by atoms with Crippen LogP contribution in [0.4, 0.5) is 4.39 Å². The molecule has 0 aliphatic rings. The van der Waals surface area contributed by atoms with Gasteiger partial charge in [-0.1, -0.05) is 48.0 Å². The average molecular weight is 428 g/mol. The van der Waals surface area contributed by atoms with E-state index >= 15 is 0 Å². The van der Waals surface area contributed by atoms with Crippen molar-refractivity contribution in [3.05, 3.63) is 93.9 Å². The first-order valence-corrected chi connectivity index (χ1v) is 11.1. The van der Waals surface area contributed by atoms with Crippen LogP contribution in [-0.2, 0) is 10.8 Å². The molecular formula is C23H19ClFNO2S. The fourth-order valence-electron chi connectivity index (χ4n) is 2.99. The first-order valence-electron chi connectivity index (χ1n) is 8.79. The van der Waals surface area contributed by atoms with Crippen molar-refractivity contribution >= 4 is 33.3 Å². The van der Waals surface area contributed by atoms with Crippen LogP contribution in [0.5, 0.6) is 0 Å². The molecule has 1 heterocycles. The highest BCUT2D eigenvalue weighted by molar-refractivity contribution is 7.83. The number of H-pyrrole nitrogens is 1. The van der Waals surface area contributed by atoms with E-state index in [4.69, 9.17) is 11.6 Å². The highest BCUT2D eigenvalue weighted by Gasteiger charge is 2.15. The van der Waals surface area contributed by atoms with Crippen molar-refractivity contribution in [2.45, 2.75) is 0 Å². The molecule has 6 heteroatoms. The number of hydrogen-bond donors (Lipinski definition) is 1. The molecule has 0 radical (unpaired) electrons. The lowest BCUT2D eigenvalue weighted by Gasteiger charge is -2.12. The molecule has 0 aliphatic heterocycles. The average Bonchev–Trinajstić information content (AvgIpc) is 2.68. The molecular weight excluding hydrogens is 409 g/mol. The van der Waals surface area contributed by atoms with Crippen LogP contribution < -0.4 is 5.43 Å². The van der Waals surface area contributed by atoms with Gasteiger partial charge in [0.05, 0.1) is 11.3 Å². The van der Waals surface area contributed by atoms with E-state index in [0.29, 0.717) is 27.2 Å². The van der Waals surface area contributed by atoms with Crippen molar-refractivity contribution in [2.24, 2.45) is 0 Å². The van der Waals surface area contributed by atoms with Crippen LogP contribution in [0.1, 0.15) is 0 Å². The van der Waals surface area contributed by atoms with Gasteiger partial charge in [-0.3, -0.25) is 9.00 Å². The Bertz CT molecular complexity index is 1230. The molecule has 0 atom stereocenters. The molecule has 0 unspecified atom stereocenters. The second-order valence-electron chi connectivity index (χ2n) is 6.51. The number of hydrogen-bond acceptors (Lipinski definition) is 2. The molecule has 4 rings (SSSR count). The molecule has 29 heavy (non-hydrogen) atoms. The number of rotatable bonds is 2. The van der Waals surface area contributed by atoms with Gasteiger partial charge in [0.25, 0.3) is 0 Å². The predicted molar refractivity (Wildman–Crippen MR) is 120 cm³/mol. The summed E-state index contributed by atoms with van der Waals surface area (Å²) in [5, 5.41) is 1.18. The Kier molecular flexibility index (Phi) is 6.62. The van der Waals surface area contributed by atoms with E-state index in [1.165, 1.54) is 12.1 Å². The number of benzene rings is 3. The highest BCUT2D eigenvalue weighted by atomic mass is 35.5. The standard InChI is InChI=1S/C21H13ClFNO.C2H6OS/c22-15-10-8-13(9-11-15)20-19(14-4-3-5-16(23)12-14)21(25)17-6-1-2-7-18(17)24-20;1-4(2)3/h1-12H,(H,24,25);1-2H3. The number of aromatic amines is 1. The van der Waals surface area contributed by atoms with Gasteiger partial charge >= 0.3 is 0 Å². The molecule has 1 N–H and O–H groups in total. The number of aromatic nitrogens is 1. The number of pyridine rings is 1. The second-order valence-corrected chi connectivity index (χ2v) is 8.43. The van der Waals surface area contributed by atoms with Crippen LogP contribution in [0.2, 0.25) is 5.02 Å². The fourth-order valence-corrected chi connectivity index (χ4v) is 3.11. The van der Waals surface area contributed by atoms with Crippen LogP contribution in [0.3, 0.4) is 0 Å². The molecule has 0 bridgehead atoms. The molecule has 0 saturated carbocycles. The number of nitrogens with one attached hydrogen (secondary N) is 1. The minimum absolute atomic E-state index is 0.134. The van der Waals surface area contributed by atoms with Crippen molar-refractivity contribution < 1.29 is 8.60 Å². The predicted octanol–water partition coefficient (Wildman–Crippen LogP) is 5.65. The van der Waals surface area contributed by atoms with Crippen molar-refractivity contribution in [3.63, 3.8) is 0 Å². The maximum absolute atomic E-state index is 13.8. The molecule has 1 aromatic heterocycles. The van der Waals surface area contributed by atoms with Crippen LogP contribution >= 0.6 is 11.6 Å². The summed E-state index contributed by atoms with van der Waals surface area (Å²) >= 11 is 5.98. The van der Waals surface area contributed by atoms with E-state index in [1.54, 1.807) is 42.8 Å². The van der Waals surface area contributed by atoms with Crippen LogP contribution in [0.15, 0.2) is 77.6 Å². The quantitative estimate of drug-likeness (QED) is 0.449. The van der Waals surface area contributed by atoms with E-state index < -0.39 is 10.8 Å². The smallest absolute Gasteiger partial charge is 0.197 e. The third kappa shape index (κ3) is 5.00.